The molecule has 1 aliphatic carbocycles. The van der Waals surface area contributed by atoms with Crippen molar-refractivity contribution in [2.45, 2.75) is 39.2 Å². The monoisotopic (exact) mass is 241 g/mol. The summed E-state index contributed by atoms with van der Waals surface area (Å²) in [6.07, 6.45) is 5.19. The fourth-order valence-corrected chi connectivity index (χ4v) is 3.11. The third kappa shape index (κ3) is 1.96. The van der Waals surface area contributed by atoms with Crippen LogP contribution in [0.4, 0.5) is 0 Å². The maximum absolute atomic E-state index is 12.3. The summed E-state index contributed by atoms with van der Waals surface area (Å²) in [7, 11) is 0. The van der Waals surface area contributed by atoms with Crippen LogP contribution in [0.3, 0.4) is 0 Å². The van der Waals surface area contributed by atoms with E-state index in [1.807, 2.05) is 29.7 Å². The van der Waals surface area contributed by atoms with E-state index in [0.29, 0.717) is 5.92 Å². The van der Waals surface area contributed by atoms with Crippen LogP contribution in [-0.2, 0) is 6.54 Å². The average Bonchev–Trinajstić information content (AvgIpc) is 2.88. The third-order valence-electron chi connectivity index (χ3n) is 4.10. The summed E-state index contributed by atoms with van der Waals surface area (Å²) in [5, 5.41) is 1.17. The highest BCUT2D eigenvalue weighted by Gasteiger charge is 2.17. The predicted molar refractivity (Wildman–Crippen MR) is 74.9 cm³/mol. The van der Waals surface area contributed by atoms with E-state index in [-0.39, 0.29) is 5.56 Å². The number of benzene rings is 1. The minimum atomic E-state index is 0.181. The Morgan fingerprint density at radius 3 is 2.72 bits per heavy atom. The van der Waals surface area contributed by atoms with Gasteiger partial charge < -0.3 is 4.57 Å². The molecule has 0 saturated heterocycles. The number of aromatic nitrogens is 1. The lowest BCUT2D eigenvalue weighted by Crippen LogP contribution is -2.25. The van der Waals surface area contributed by atoms with E-state index in [0.717, 1.165) is 17.6 Å². The van der Waals surface area contributed by atoms with Gasteiger partial charge in [-0.3, -0.25) is 4.79 Å². The smallest absolute Gasteiger partial charge is 0.253 e. The zero-order valence-electron chi connectivity index (χ0n) is 10.9. The minimum absolute atomic E-state index is 0.181. The van der Waals surface area contributed by atoms with Gasteiger partial charge in [-0.1, -0.05) is 31.0 Å². The van der Waals surface area contributed by atoms with Crippen molar-refractivity contribution in [3.05, 3.63) is 46.2 Å². The van der Waals surface area contributed by atoms with Crippen LogP contribution in [0.25, 0.3) is 10.9 Å². The molecule has 2 aromatic rings. The van der Waals surface area contributed by atoms with E-state index < -0.39 is 0 Å². The SMILES string of the molecule is Cc1cc2ccccc2n(CC2CCCC2)c1=O. The minimum Gasteiger partial charge on any atom is -0.308 e. The van der Waals surface area contributed by atoms with Crippen molar-refractivity contribution in [1.29, 1.82) is 0 Å². The van der Waals surface area contributed by atoms with E-state index in [9.17, 15) is 4.79 Å². The molecule has 0 N–H and O–H groups in total. The summed E-state index contributed by atoms with van der Waals surface area (Å²) in [6, 6.07) is 10.2. The van der Waals surface area contributed by atoms with Crippen LogP contribution in [-0.4, -0.2) is 4.57 Å². The molecule has 94 valence electrons. The Morgan fingerprint density at radius 1 is 1.22 bits per heavy atom. The first-order valence-electron chi connectivity index (χ1n) is 6.85. The average molecular weight is 241 g/mol. The van der Waals surface area contributed by atoms with Gasteiger partial charge in [0.1, 0.15) is 0 Å². The number of pyridine rings is 1. The third-order valence-corrected chi connectivity index (χ3v) is 4.10. The summed E-state index contributed by atoms with van der Waals surface area (Å²) in [5.41, 5.74) is 2.12. The van der Waals surface area contributed by atoms with E-state index in [2.05, 4.69) is 12.1 Å². The zero-order chi connectivity index (χ0) is 12.5. The molecule has 0 radical (unpaired) electrons. The van der Waals surface area contributed by atoms with Gasteiger partial charge >= 0.3 is 0 Å². The Hall–Kier alpha value is -1.57. The van der Waals surface area contributed by atoms with Gasteiger partial charge in [0.25, 0.3) is 5.56 Å². The molecule has 1 aromatic carbocycles. The summed E-state index contributed by atoms with van der Waals surface area (Å²) < 4.78 is 1.99. The molecule has 0 atom stereocenters. The Labute approximate surface area is 107 Å². The normalized spacial score (nSPS) is 16.5. The number of nitrogens with zero attached hydrogens (tertiary/aromatic N) is 1. The molecule has 1 aromatic heterocycles. The van der Waals surface area contributed by atoms with E-state index >= 15 is 0 Å². The first kappa shape index (κ1) is 11.5. The molecule has 0 bridgehead atoms. The van der Waals surface area contributed by atoms with E-state index in [1.54, 1.807) is 0 Å². The Kier molecular flexibility index (Phi) is 2.94. The molecule has 3 rings (SSSR count). The molecule has 1 fully saturated rings. The first-order valence-corrected chi connectivity index (χ1v) is 6.85. The van der Waals surface area contributed by atoms with Gasteiger partial charge in [0, 0.05) is 12.1 Å². The summed E-state index contributed by atoms with van der Waals surface area (Å²) in [5.74, 6) is 0.688. The van der Waals surface area contributed by atoms with Crippen LogP contribution >= 0.6 is 0 Å². The molecule has 0 unspecified atom stereocenters. The standard InChI is InChI=1S/C16H19NO/c1-12-10-14-8-4-5-9-15(14)17(16(12)18)11-13-6-2-3-7-13/h4-5,8-10,13H,2-3,6-7,11H2,1H3. The van der Waals surface area contributed by atoms with Crippen molar-refractivity contribution in [3.63, 3.8) is 0 Å². The van der Waals surface area contributed by atoms with Gasteiger partial charge in [0.2, 0.25) is 0 Å². The van der Waals surface area contributed by atoms with Crippen LogP contribution in [0, 0.1) is 12.8 Å². The number of hydrogen-bond acceptors (Lipinski definition) is 1. The lowest BCUT2D eigenvalue weighted by atomic mass is 10.1. The molecule has 0 spiro atoms. The summed E-state index contributed by atoms with van der Waals surface area (Å²) >= 11 is 0. The first-order chi connectivity index (χ1) is 8.75. The van der Waals surface area contributed by atoms with Crippen LogP contribution in [0.1, 0.15) is 31.2 Å². The number of para-hydroxylation sites is 1. The maximum Gasteiger partial charge on any atom is 0.253 e. The molecule has 1 heterocycles. The second kappa shape index (κ2) is 4.60. The highest BCUT2D eigenvalue weighted by atomic mass is 16.1. The topological polar surface area (TPSA) is 22.0 Å². The molecule has 18 heavy (non-hydrogen) atoms. The van der Waals surface area contributed by atoms with Crippen molar-refractivity contribution in [2.24, 2.45) is 5.92 Å². The fraction of sp³-hybridized carbons (Fsp3) is 0.438. The van der Waals surface area contributed by atoms with Gasteiger partial charge in [-0.05, 0) is 43.2 Å². The highest BCUT2D eigenvalue weighted by molar-refractivity contribution is 5.79. The largest absolute Gasteiger partial charge is 0.308 e. The van der Waals surface area contributed by atoms with Crippen LogP contribution in [0.15, 0.2) is 35.1 Å². The van der Waals surface area contributed by atoms with Gasteiger partial charge in [-0.2, -0.15) is 0 Å². The van der Waals surface area contributed by atoms with E-state index in [4.69, 9.17) is 0 Å². The molecular weight excluding hydrogens is 222 g/mol. The van der Waals surface area contributed by atoms with Gasteiger partial charge in [0.15, 0.2) is 0 Å². The number of rotatable bonds is 2. The molecule has 1 aliphatic rings. The maximum atomic E-state index is 12.3. The number of aryl methyl sites for hydroxylation is 1. The van der Waals surface area contributed by atoms with E-state index in [1.165, 1.54) is 31.1 Å². The van der Waals surface area contributed by atoms with Crippen LogP contribution in [0.5, 0.6) is 0 Å². The molecule has 2 heteroatoms. The summed E-state index contributed by atoms with van der Waals surface area (Å²) in [4.78, 5) is 12.3. The fourth-order valence-electron chi connectivity index (χ4n) is 3.11. The van der Waals surface area contributed by atoms with Crippen molar-refractivity contribution in [3.8, 4) is 0 Å². The van der Waals surface area contributed by atoms with Crippen molar-refractivity contribution >= 4 is 10.9 Å². The Bertz CT molecular complexity index is 621. The highest BCUT2D eigenvalue weighted by Crippen LogP contribution is 2.26. The molecule has 0 amide bonds. The number of hydrogen-bond donors (Lipinski definition) is 0. The number of fused-ring (bicyclic) bond motifs is 1. The summed E-state index contributed by atoms with van der Waals surface area (Å²) in [6.45, 7) is 2.81. The molecule has 2 nitrogen and oxygen atoms in total. The van der Waals surface area contributed by atoms with Crippen molar-refractivity contribution in [1.82, 2.24) is 4.57 Å². The Morgan fingerprint density at radius 2 is 1.94 bits per heavy atom. The van der Waals surface area contributed by atoms with Crippen molar-refractivity contribution < 1.29 is 0 Å². The van der Waals surface area contributed by atoms with Gasteiger partial charge in [-0.15, -0.1) is 0 Å². The van der Waals surface area contributed by atoms with Crippen LogP contribution < -0.4 is 5.56 Å². The predicted octanol–water partition coefficient (Wildman–Crippen LogP) is 3.50. The van der Waals surface area contributed by atoms with Crippen molar-refractivity contribution in [2.75, 3.05) is 0 Å². The molecular formula is C16H19NO. The quantitative estimate of drug-likeness (QED) is 0.788. The lowest BCUT2D eigenvalue weighted by Gasteiger charge is -2.15. The van der Waals surface area contributed by atoms with Crippen LogP contribution in [0.2, 0.25) is 0 Å². The second-order valence-electron chi connectivity index (χ2n) is 5.45. The van der Waals surface area contributed by atoms with Gasteiger partial charge in [0.05, 0.1) is 5.52 Å². The molecule has 1 saturated carbocycles. The second-order valence-corrected chi connectivity index (χ2v) is 5.45. The zero-order valence-corrected chi connectivity index (χ0v) is 10.9. The lowest BCUT2D eigenvalue weighted by molar-refractivity contribution is 0.457. The van der Waals surface area contributed by atoms with Gasteiger partial charge in [-0.25, -0.2) is 0 Å². The Balaban J connectivity index is 2.12. The molecule has 0 aliphatic heterocycles.